The van der Waals surface area contributed by atoms with Gasteiger partial charge in [0.2, 0.25) is 5.91 Å². The lowest BCUT2D eigenvalue weighted by Gasteiger charge is -2.19. The van der Waals surface area contributed by atoms with Gasteiger partial charge in [-0.25, -0.2) is 9.18 Å². The number of alkyl carbamates (subject to hydrolysis) is 1. The van der Waals surface area contributed by atoms with Crippen LogP contribution in [0.4, 0.5) is 14.9 Å². The summed E-state index contributed by atoms with van der Waals surface area (Å²) >= 11 is 0. The van der Waals surface area contributed by atoms with Crippen LogP contribution in [0.25, 0.3) is 0 Å². The average molecular weight is 401 g/mol. The molecule has 0 aliphatic rings. The van der Waals surface area contributed by atoms with Gasteiger partial charge in [-0.3, -0.25) is 9.59 Å². The van der Waals surface area contributed by atoms with Gasteiger partial charge in [0.1, 0.15) is 18.0 Å². The van der Waals surface area contributed by atoms with E-state index in [1.54, 1.807) is 45.0 Å². The molecule has 0 aliphatic carbocycles. The van der Waals surface area contributed by atoms with Gasteiger partial charge in [-0.1, -0.05) is 24.3 Å². The molecule has 29 heavy (non-hydrogen) atoms. The largest absolute Gasteiger partial charge is 0.444 e. The third-order valence-corrected chi connectivity index (χ3v) is 3.61. The molecule has 2 rings (SSSR count). The number of para-hydroxylation sites is 1. The van der Waals surface area contributed by atoms with Crippen LogP contribution in [-0.2, 0) is 16.1 Å². The van der Waals surface area contributed by atoms with Crippen molar-refractivity contribution in [2.45, 2.75) is 32.9 Å². The number of anilines is 1. The molecule has 0 unspecified atom stereocenters. The highest BCUT2D eigenvalue weighted by atomic mass is 19.1. The Balaban J connectivity index is 1.92. The second-order valence-electron chi connectivity index (χ2n) is 7.25. The van der Waals surface area contributed by atoms with Crippen molar-refractivity contribution in [2.75, 3.05) is 11.9 Å². The Hall–Kier alpha value is -3.42. The van der Waals surface area contributed by atoms with E-state index in [0.717, 1.165) is 6.07 Å². The summed E-state index contributed by atoms with van der Waals surface area (Å²) in [4.78, 5) is 35.9. The Morgan fingerprint density at radius 2 is 1.72 bits per heavy atom. The van der Waals surface area contributed by atoms with Gasteiger partial charge >= 0.3 is 6.09 Å². The number of hydrogen-bond acceptors (Lipinski definition) is 4. The lowest BCUT2D eigenvalue weighted by molar-refractivity contribution is -0.115. The topological polar surface area (TPSA) is 96.5 Å². The van der Waals surface area contributed by atoms with Gasteiger partial charge in [0.25, 0.3) is 5.91 Å². The van der Waals surface area contributed by atoms with E-state index < -0.39 is 29.3 Å². The van der Waals surface area contributed by atoms with Crippen molar-refractivity contribution in [3.8, 4) is 0 Å². The first-order chi connectivity index (χ1) is 13.6. The first-order valence-corrected chi connectivity index (χ1v) is 9.02. The number of hydrogen-bond donors (Lipinski definition) is 3. The standard InChI is InChI=1S/C21H24FN3O4/c1-21(2,3)29-20(28)24-13-18(26)25-17-10-5-4-7-15(17)12-23-19(27)14-8-6-9-16(22)11-14/h4-11H,12-13H2,1-3H3,(H,23,27)(H,24,28)(H,25,26). The lowest BCUT2D eigenvalue weighted by atomic mass is 10.1. The van der Waals surface area contributed by atoms with E-state index in [-0.39, 0.29) is 18.7 Å². The third kappa shape index (κ3) is 7.61. The van der Waals surface area contributed by atoms with Crippen LogP contribution >= 0.6 is 0 Å². The number of amides is 3. The number of nitrogens with one attached hydrogen (secondary N) is 3. The summed E-state index contributed by atoms with van der Waals surface area (Å²) in [5.41, 5.74) is 0.687. The Bertz CT molecular complexity index is 893. The summed E-state index contributed by atoms with van der Waals surface area (Å²) in [5.74, 6) is -1.38. The fourth-order valence-corrected chi connectivity index (χ4v) is 2.36. The molecule has 0 aromatic heterocycles. The molecule has 0 heterocycles. The maximum Gasteiger partial charge on any atom is 0.408 e. The van der Waals surface area contributed by atoms with Gasteiger partial charge in [-0.15, -0.1) is 0 Å². The Morgan fingerprint density at radius 3 is 2.41 bits per heavy atom. The lowest BCUT2D eigenvalue weighted by Crippen LogP contribution is -2.37. The molecule has 154 valence electrons. The smallest absolute Gasteiger partial charge is 0.408 e. The van der Waals surface area contributed by atoms with E-state index in [2.05, 4.69) is 16.0 Å². The molecule has 0 saturated heterocycles. The van der Waals surface area contributed by atoms with Crippen molar-refractivity contribution in [1.82, 2.24) is 10.6 Å². The average Bonchev–Trinajstić information content (AvgIpc) is 2.64. The minimum atomic E-state index is -0.691. The number of ether oxygens (including phenoxy) is 1. The monoisotopic (exact) mass is 401 g/mol. The van der Waals surface area contributed by atoms with Gasteiger partial charge in [-0.2, -0.15) is 0 Å². The first kappa shape index (κ1) is 21.9. The van der Waals surface area contributed by atoms with Crippen LogP contribution < -0.4 is 16.0 Å². The Morgan fingerprint density at radius 1 is 1.00 bits per heavy atom. The summed E-state index contributed by atoms with van der Waals surface area (Å²) in [6.45, 7) is 5.03. The van der Waals surface area contributed by atoms with Crippen LogP contribution in [0, 0.1) is 5.82 Å². The van der Waals surface area contributed by atoms with Crippen molar-refractivity contribution < 1.29 is 23.5 Å². The molecule has 2 aromatic carbocycles. The maximum atomic E-state index is 13.3. The van der Waals surface area contributed by atoms with Gasteiger partial charge in [0, 0.05) is 17.8 Å². The fraction of sp³-hybridized carbons (Fsp3) is 0.286. The van der Waals surface area contributed by atoms with Gasteiger partial charge in [0.05, 0.1) is 0 Å². The third-order valence-electron chi connectivity index (χ3n) is 3.61. The quantitative estimate of drug-likeness (QED) is 0.692. The molecule has 3 N–H and O–H groups in total. The molecule has 0 fully saturated rings. The molecule has 0 saturated carbocycles. The van der Waals surface area contributed by atoms with Crippen molar-refractivity contribution in [2.24, 2.45) is 0 Å². The van der Waals surface area contributed by atoms with E-state index in [1.165, 1.54) is 18.2 Å². The summed E-state index contributed by atoms with van der Waals surface area (Å²) in [6.07, 6.45) is -0.691. The van der Waals surface area contributed by atoms with Crippen LogP contribution in [-0.4, -0.2) is 30.1 Å². The molecular weight excluding hydrogens is 377 g/mol. The van der Waals surface area contributed by atoms with E-state index in [4.69, 9.17) is 4.74 Å². The summed E-state index contributed by atoms with van der Waals surface area (Å²) < 4.78 is 18.3. The minimum Gasteiger partial charge on any atom is -0.444 e. The van der Waals surface area contributed by atoms with Crippen molar-refractivity contribution in [3.05, 3.63) is 65.5 Å². The van der Waals surface area contributed by atoms with E-state index >= 15 is 0 Å². The molecule has 0 spiro atoms. The molecule has 0 atom stereocenters. The number of carbonyl (C=O) groups excluding carboxylic acids is 3. The maximum absolute atomic E-state index is 13.3. The van der Waals surface area contributed by atoms with Crippen LogP contribution in [0.15, 0.2) is 48.5 Å². The summed E-state index contributed by atoms with van der Waals surface area (Å²) in [5, 5.41) is 7.74. The van der Waals surface area contributed by atoms with Gasteiger partial charge < -0.3 is 20.7 Å². The zero-order valence-corrected chi connectivity index (χ0v) is 16.5. The number of carbonyl (C=O) groups is 3. The zero-order chi connectivity index (χ0) is 21.4. The van der Waals surface area contributed by atoms with Crippen molar-refractivity contribution >= 4 is 23.6 Å². The second-order valence-corrected chi connectivity index (χ2v) is 7.25. The molecule has 0 radical (unpaired) electrons. The second kappa shape index (κ2) is 9.68. The highest BCUT2D eigenvalue weighted by molar-refractivity contribution is 5.95. The summed E-state index contributed by atoms with van der Waals surface area (Å²) in [6, 6.07) is 12.3. The van der Waals surface area contributed by atoms with Crippen LogP contribution in [0.2, 0.25) is 0 Å². The van der Waals surface area contributed by atoms with E-state index in [0.29, 0.717) is 11.3 Å². The molecular formula is C21H24FN3O4. The van der Waals surface area contributed by atoms with Crippen LogP contribution in [0.5, 0.6) is 0 Å². The first-order valence-electron chi connectivity index (χ1n) is 9.02. The number of rotatable bonds is 6. The van der Waals surface area contributed by atoms with Gasteiger partial charge in [-0.05, 0) is 50.6 Å². The molecule has 0 bridgehead atoms. The van der Waals surface area contributed by atoms with Crippen LogP contribution in [0.1, 0.15) is 36.7 Å². The molecule has 2 aromatic rings. The molecule has 7 nitrogen and oxygen atoms in total. The molecule has 8 heteroatoms. The Labute approximate surface area is 168 Å². The highest BCUT2D eigenvalue weighted by Crippen LogP contribution is 2.15. The SMILES string of the molecule is CC(C)(C)OC(=O)NCC(=O)Nc1ccccc1CNC(=O)c1cccc(F)c1. The molecule has 0 aliphatic heterocycles. The zero-order valence-electron chi connectivity index (χ0n) is 16.5. The van der Waals surface area contributed by atoms with Crippen molar-refractivity contribution in [1.29, 1.82) is 0 Å². The van der Waals surface area contributed by atoms with Crippen molar-refractivity contribution in [3.63, 3.8) is 0 Å². The Kier molecular flexibility index (Phi) is 7.30. The number of halogens is 1. The predicted molar refractivity (Wildman–Crippen MR) is 107 cm³/mol. The predicted octanol–water partition coefficient (Wildman–Crippen LogP) is 3.22. The molecule has 3 amide bonds. The highest BCUT2D eigenvalue weighted by Gasteiger charge is 2.17. The summed E-state index contributed by atoms with van der Waals surface area (Å²) in [7, 11) is 0. The number of benzene rings is 2. The van der Waals surface area contributed by atoms with Crippen LogP contribution in [0.3, 0.4) is 0 Å². The normalized spacial score (nSPS) is 10.8. The fourth-order valence-electron chi connectivity index (χ4n) is 2.36. The van der Waals surface area contributed by atoms with E-state index in [1.807, 2.05) is 0 Å². The minimum absolute atomic E-state index is 0.130. The van der Waals surface area contributed by atoms with Gasteiger partial charge in [0.15, 0.2) is 0 Å². The van der Waals surface area contributed by atoms with E-state index in [9.17, 15) is 18.8 Å².